The van der Waals surface area contributed by atoms with E-state index < -0.39 is 0 Å². The second-order valence-electron chi connectivity index (χ2n) is 5.25. The van der Waals surface area contributed by atoms with Gasteiger partial charge in [-0.15, -0.1) is 0 Å². The zero-order valence-corrected chi connectivity index (χ0v) is 11.8. The molecule has 2 nitrogen and oxygen atoms in total. The molecule has 2 rings (SSSR count). The fourth-order valence-corrected chi connectivity index (χ4v) is 2.70. The predicted molar refractivity (Wildman–Crippen MR) is 76.2 cm³/mol. The Balaban J connectivity index is 2.13. The first-order valence-corrected chi connectivity index (χ1v) is 7.27. The molecular formula is C16H25NO. The van der Waals surface area contributed by atoms with Crippen LogP contribution >= 0.6 is 0 Å². The Morgan fingerprint density at radius 2 is 2.22 bits per heavy atom. The van der Waals surface area contributed by atoms with Gasteiger partial charge >= 0.3 is 0 Å². The third-order valence-electron chi connectivity index (χ3n) is 3.62. The van der Waals surface area contributed by atoms with Crippen molar-refractivity contribution in [2.24, 2.45) is 0 Å². The average Bonchev–Trinajstić information content (AvgIpc) is 2.73. The van der Waals surface area contributed by atoms with Crippen molar-refractivity contribution in [1.29, 1.82) is 0 Å². The molecule has 1 N–H and O–H groups in total. The highest BCUT2D eigenvalue weighted by molar-refractivity contribution is 5.41. The van der Waals surface area contributed by atoms with Crippen LogP contribution in [-0.2, 0) is 6.42 Å². The molecule has 0 fully saturated rings. The van der Waals surface area contributed by atoms with Crippen LogP contribution in [0.25, 0.3) is 0 Å². The van der Waals surface area contributed by atoms with E-state index in [-0.39, 0.29) is 0 Å². The first-order valence-electron chi connectivity index (χ1n) is 7.27. The van der Waals surface area contributed by atoms with Crippen LogP contribution in [0.3, 0.4) is 0 Å². The zero-order chi connectivity index (χ0) is 13.0. The summed E-state index contributed by atoms with van der Waals surface area (Å²) in [5.74, 6) is 1.08. The molecule has 0 aliphatic carbocycles. The summed E-state index contributed by atoms with van der Waals surface area (Å²) < 4.78 is 5.76. The average molecular weight is 247 g/mol. The molecule has 2 heteroatoms. The molecule has 0 saturated heterocycles. The minimum atomic E-state index is 0.337. The highest BCUT2D eigenvalue weighted by Gasteiger charge is 2.20. The van der Waals surface area contributed by atoms with Gasteiger partial charge in [0.15, 0.2) is 0 Å². The van der Waals surface area contributed by atoms with E-state index in [1.807, 2.05) is 0 Å². The highest BCUT2D eigenvalue weighted by atomic mass is 16.5. The largest absolute Gasteiger partial charge is 0.490 e. The van der Waals surface area contributed by atoms with Crippen LogP contribution < -0.4 is 10.1 Å². The Hall–Kier alpha value is -1.02. The fraction of sp³-hybridized carbons (Fsp3) is 0.625. The van der Waals surface area contributed by atoms with Crippen LogP contribution in [0.5, 0.6) is 5.75 Å². The Morgan fingerprint density at radius 1 is 1.39 bits per heavy atom. The number of ether oxygens (including phenoxy) is 1. The van der Waals surface area contributed by atoms with E-state index in [9.17, 15) is 0 Å². The van der Waals surface area contributed by atoms with Crippen LogP contribution in [0.15, 0.2) is 18.2 Å². The molecule has 0 spiro atoms. The van der Waals surface area contributed by atoms with Gasteiger partial charge < -0.3 is 10.1 Å². The lowest BCUT2D eigenvalue weighted by Crippen LogP contribution is -2.20. The molecule has 1 aliphatic heterocycles. The second kappa shape index (κ2) is 6.24. The van der Waals surface area contributed by atoms with Crippen LogP contribution in [0.1, 0.15) is 57.2 Å². The quantitative estimate of drug-likeness (QED) is 0.824. The number of benzene rings is 1. The molecule has 0 bridgehead atoms. The Bertz CT molecular complexity index is 389. The molecular weight excluding hydrogens is 222 g/mol. The van der Waals surface area contributed by atoms with Gasteiger partial charge in [0, 0.05) is 12.5 Å². The van der Waals surface area contributed by atoms with Gasteiger partial charge in [0.05, 0.1) is 0 Å². The van der Waals surface area contributed by atoms with Crippen molar-refractivity contribution in [2.75, 3.05) is 6.54 Å². The fourth-order valence-electron chi connectivity index (χ4n) is 2.70. The van der Waals surface area contributed by atoms with Crippen molar-refractivity contribution in [3.05, 3.63) is 29.3 Å². The van der Waals surface area contributed by atoms with Gasteiger partial charge in [-0.2, -0.15) is 0 Å². The molecule has 1 aliphatic rings. The molecule has 1 aromatic rings. The summed E-state index contributed by atoms with van der Waals surface area (Å²) in [6.45, 7) is 7.59. The van der Waals surface area contributed by atoms with E-state index in [1.54, 1.807) is 0 Å². The molecule has 2 atom stereocenters. The Kier molecular flexibility index (Phi) is 4.65. The minimum absolute atomic E-state index is 0.337. The molecule has 0 radical (unpaired) electrons. The lowest BCUT2D eigenvalue weighted by atomic mass is 9.98. The van der Waals surface area contributed by atoms with E-state index in [1.165, 1.54) is 30.4 Å². The smallest absolute Gasteiger partial charge is 0.123 e. The van der Waals surface area contributed by atoms with Crippen molar-refractivity contribution in [1.82, 2.24) is 5.32 Å². The number of unbranched alkanes of at least 4 members (excludes halogenated alkanes) is 1. The van der Waals surface area contributed by atoms with Gasteiger partial charge in [-0.25, -0.2) is 0 Å². The third-order valence-corrected chi connectivity index (χ3v) is 3.62. The third kappa shape index (κ3) is 3.05. The highest BCUT2D eigenvalue weighted by Crippen LogP contribution is 2.32. The summed E-state index contributed by atoms with van der Waals surface area (Å²) in [6.07, 6.45) is 5.15. The van der Waals surface area contributed by atoms with E-state index in [0.717, 1.165) is 18.7 Å². The maximum absolute atomic E-state index is 5.76. The van der Waals surface area contributed by atoms with Crippen molar-refractivity contribution in [2.45, 2.75) is 58.6 Å². The predicted octanol–water partition coefficient (Wildman–Crippen LogP) is 3.85. The van der Waals surface area contributed by atoms with Gasteiger partial charge in [0.25, 0.3) is 0 Å². The topological polar surface area (TPSA) is 21.3 Å². The van der Waals surface area contributed by atoms with Gasteiger partial charge in [-0.05, 0) is 37.1 Å². The molecule has 18 heavy (non-hydrogen) atoms. The van der Waals surface area contributed by atoms with Crippen LogP contribution in [0.2, 0.25) is 0 Å². The number of nitrogens with one attached hydrogen (secondary N) is 1. The van der Waals surface area contributed by atoms with Crippen molar-refractivity contribution in [3.63, 3.8) is 0 Å². The molecule has 0 aromatic heterocycles. The van der Waals surface area contributed by atoms with Crippen molar-refractivity contribution in [3.8, 4) is 5.75 Å². The lowest BCUT2D eigenvalue weighted by Gasteiger charge is -2.18. The monoisotopic (exact) mass is 247 g/mol. The number of hydrogen-bond donors (Lipinski definition) is 1. The Labute approximate surface area is 111 Å². The molecule has 2 unspecified atom stereocenters. The molecule has 1 heterocycles. The molecule has 1 aromatic carbocycles. The Morgan fingerprint density at radius 3 is 2.94 bits per heavy atom. The molecule has 0 amide bonds. The summed E-state index contributed by atoms with van der Waals surface area (Å²) >= 11 is 0. The van der Waals surface area contributed by atoms with Gasteiger partial charge in [0.2, 0.25) is 0 Å². The number of hydrogen-bond acceptors (Lipinski definition) is 2. The van der Waals surface area contributed by atoms with E-state index in [2.05, 4.69) is 44.3 Å². The summed E-state index contributed by atoms with van der Waals surface area (Å²) in [5, 5.41) is 3.60. The summed E-state index contributed by atoms with van der Waals surface area (Å²) in [5.41, 5.74) is 2.79. The van der Waals surface area contributed by atoms with Crippen LogP contribution in [0.4, 0.5) is 0 Å². The first-order chi connectivity index (χ1) is 8.74. The second-order valence-corrected chi connectivity index (χ2v) is 5.25. The van der Waals surface area contributed by atoms with Crippen molar-refractivity contribution < 1.29 is 4.74 Å². The lowest BCUT2D eigenvalue weighted by molar-refractivity contribution is 0.254. The molecule has 0 saturated carbocycles. The summed E-state index contributed by atoms with van der Waals surface area (Å²) in [6, 6.07) is 7.20. The van der Waals surface area contributed by atoms with E-state index >= 15 is 0 Å². The zero-order valence-electron chi connectivity index (χ0n) is 11.8. The maximum Gasteiger partial charge on any atom is 0.123 e. The number of rotatable bonds is 6. The van der Waals surface area contributed by atoms with Crippen LogP contribution in [-0.4, -0.2) is 12.6 Å². The van der Waals surface area contributed by atoms with Gasteiger partial charge in [-0.1, -0.05) is 38.8 Å². The summed E-state index contributed by atoms with van der Waals surface area (Å²) in [7, 11) is 0. The number of fused-ring (bicyclic) bond motifs is 1. The van der Waals surface area contributed by atoms with E-state index in [0.29, 0.717) is 12.1 Å². The normalized spacial score (nSPS) is 19.4. The minimum Gasteiger partial charge on any atom is -0.490 e. The maximum atomic E-state index is 5.76. The first kappa shape index (κ1) is 13.4. The van der Waals surface area contributed by atoms with Gasteiger partial charge in [0.1, 0.15) is 11.9 Å². The SMILES string of the molecule is CCCCC(NCC)c1ccc2c(c1)CC(C)O2. The summed E-state index contributed by atoms with van der Waals surface area (Å²) in [4.78, 5) is 0. The molecule has 100 valence electrons. The van der Waals surface area contributed by atoms with Gasteiger partial charge in [-0.3, -0.25) is 0 Å². The standard InChI is InChI=1S/C16H25NO/c1-4-6-7-15(17-5-2)13-8-9-16-14(11-13)10-12(3)18-16/h8-9,11-12,15,17H,4-7,10H2,1-3H3. The van der Waals surface area contributed by atoms with Crippen molar-refractivity contribution >= 4 is 0 Å². The van der Waals surface area contributed by atoms with Crippen LogP contribution in [0, 0.1) is 0 Å². The van der Waals surface area contributed by atoms with E-state index in [4.69, 9.17) is 4.74 Å².